The quantitative estimate of drug-likeness (QED) is 0.687. The lowest BCUT2D eigenvalue weighted by Crippen LogP contribution is -2.06. The van der Waals surface area contributed by atoms with E-state index in [0.717, 1.165) is 11.3 Å². The van der Waals surface area contributed by atoms with Gasteiger partial charge >= 0.3 is 0 Å². The lowest BCUT2D eigenvalue weighted by atomic mass is 10.1. The molecule has 0 fully saturated rings. The number of para-hydroxylation sites is 1. The van der Waals surface area contributed by atoms with Gasteiger partial charge in [0.25, 0.3) is 0 Å². The van der Waals surface area contributed by atoms with Crippen LogP contribution in [0.5, 0.6) is 0 Å². The highest BCUT2D eigenvalue weighted by Gasteiger charge is 2.11. The zero-order chi connectivity index (χ0) is 14.7. The number of carbonyl (C=O) groups is 1. The predicted molar refractivity (Wildman–Crippen MR) is 78.4 cm³/mol. The molecule has 0 atom stereocenters. The van der Waals surface area contributed by atoms with Gasteiger partial charge in [-0.05, 0) is 24.3 Å². The number of nitrogens with zero attached hydrogens (tertiary/aromatic N) is 4. The van der Waals surface area contributed by atoms with E-state index in [1.165, 1.54) is 4.80 Å². The van der Waals surface area contributed by atoms with Crippen molar-refractivity contribution in [3.8, 4) is 5.69 Å². The normalized spacial score (nSPS) is 10.5. The van der Waals surface area contributed by atoms with Gasteiger partial charge in [0.15, 0.2) is 11.6 Å². The zero-order valence-electron chi connectivity index (χ0n) is 11.6. The third kappa shape index (κ3) is 3.02. The Morgan fingerprint density at radius 3 is 2.48 bits per heavy atom. The van der Waals surface area contributed by atoms with Crippen molar-refractivity contribution in [2.24, 2.45) is 0 Å². The minimum Gasteiger partial charge on any atom is -0.294 e. The van der Waals surface area contributed by atoms with E-state index in [1.807, 2.05) is 61.5 Å². The number of rotatable bonds is 4. The lowest BCUT2D eigenvalue weighted by molar-refractivity contribution is 0.0990. The maximum Gasteiger partial charge on any atom is 0.182 e. The van der Waals surface area contributed by atoms with Gasteiger partial charge in [0.2, 0.25) is 0 Å². The standard InChI is InChI=1S/C16H14N4O/c1-12-7-9-13(10-8-12)15(21)11-16-17-19-20(18-16)14-5-3-2-4-6-14/h2-10H,11H2,1H3. The molecule has 0 aliphatic rings. The molecule has 0 aliphatic carbocycles. The summed E-state index contributed by atoms with van der Waals surface area (Å²) >= 11 is 0. The number of hydrogen-bond acceptors (Lipinski definition) is 4. The first-order chi connectivity index (χ1) is 10.2. The van der Waals surface area contributed by atoms with Crippen molar-refractivity contribution in [1.29, 1.82) is 0 Å². The summed E-state index contributed by atoms with van der Waals surface area (Å²) in [4.78, 5) is 13.6. The van der Waals surface area contributed by atoms with Gasteiger partial charge in [0.1, 0.15) is 0 Å². The van der Waals surface area contributed by atoms with E-state index >= 15 is 0 Å². The van der Waals surface area contributed by atoms with Crippen molar-refractivity contribution in [3.63, 3.8) is 0 Å². The molecule has 1 heterocycles. The van der Waals surface area contributed by atoms with Crippen molar-refractivity contribution in [1.82, 2.24) is 20.2 Å². The van der Waals surface area contributed by atoms with Crippen LogP contribution < -0.4 is 0 Å². The second-order valence-electron chi connectivity index (χ2n) is 4.80. The summed E-state index contributed by atoms with van der Waals surface area (Å²) in [6.07, 6.45) is 0.149. The molecule has 0 amide bonds. The number of ketones is 1. The molecular formula is C16H14N4O. The summed E-state index contributed by atoms with van der Waals surface area (Å²) in [5.41, 5.74) is 2.61. The van der Waals surface area contributed by atoms with E-state index in [1.54, 1.807) is 0 Å². The van der Waals surface area contributed by atoms with Gasteiger partial charge in [-0.1, -0.05) is 48.0 Å². The number of aromatic nitrogens is 4. The molecule has 3 aromatic rings. The van der Waals surface area contributed by atoms with Crippen molar-refractivity contribution in [2.75, 3.05) is 0 Å². The van der Waals surface area contributed by atoms with Gasteiger partial charge in [0, 0.05) is 5.56 Å². The summed E-state index contributed by atoms with van der Waals surface area (Å²) in [5, 5.41) is 12.1. The molecule has 104 valence electrons. The zero-order valence-corrected chi connectivity index (χ0v) is 11.6. The molecule has 0 N–H and O–H groups in total. The number of tetrazole rings is 1. The molecule has 21 heavy (non-hydrogen) atoms. The SMILES string of the molecule is Cc1ccc(C(=O)Cc2nnn(-c3ccccc3)n2)cc1. The van der Waals surface area contributed by atoms with Gasteiger partial charge in [-0.2, -0.15) is 0 Å². The van der Waals surface area contributed by atoms with E-state index in [9.17, 15) is 4.79 Å². The van der Waals surface area contributed by atoms with Crippen LogP contribution in [0.1, 0.15) is 21.7 Å². The van der Waals surface area contributed by atoms with Crippen molar-refractivity contribution < 1.29 is 4.79 Å². The maximum absolute atomic E-state index is 12.2. The van der Waals surface area contributed by atoms with E-state index < -0.39 is 0 Å². The lowest BCUT2D eigenvalue weighted by Gasteiger charge is -1.99. The Hall–Kier alpha value is -2.82. The number of hydrogen-bond donors (Lipinski definition) is 0. The van der Waals surface area contributed by atoms with Crippen molar-refractivity contribution in [3.05, 3.63) is 71.5 Å². The maximum atomic E-state index is 12.2. The number of benzene rings is 2. The van der Waals surface area contributed by atoms with E-state index in [-0.39, 0.29) is 12.2 Å². The summed E-state index contributed by atoms with van der Waals surface area (Å²) < 4.78 is 0. The Morgan fingerprint density at radius 2 is 1.76 bits per heavy atom. The highest BCUT2D eigenvalue weighted by molar-refractivity contribution is 5.97. The van der Waals surface area contributed by atoms with E-state index in [2.05, 4.69) is 15.4 Å². The number of aryl methyl sites for hydroxylation is 1. The van der Waals surface area contributed by atoms with Gasteiger partial charge in [-0.3, -0.25) is 4.79 Å². The van der Waals surface area contributed by atoms with Crippen LogP contribution in [0.4, 0.5) is 0 Å². The fourth-order valence-corrected chi connectivity index (χ4v) is 1.97. The molecular weight excluding hydrogens is 264 g/mol. The van der Waals surface area contributed by atoms with Crippen LogP contribution in [0.2, 0.25) is 0 Å². The Labute approximate surface area is 122 Å². The van der Waals surface area contributed by atoms with Gasteiger partial charge in [0.05, 0.1) is 12.1 Å². The van der Waals surface area contributed by atoms with Gasteiger partial charge in [-0.15, -0.1) is 15.0 Å². The van der Waals surface area contributed by atoms with Gasteiger partial charge < -0.3 is 0 Å². The molecule has 1 aromatic heterocycles. The van der Waals surface area contributed by atoms with Gasteiger partial charge in [-0.25, -0.2) is 0 Å². The molecule has 0 bridgehead atoms. The summed E-state index contributed by atoms with van der Waals surface area (Å²) in [7, 11) is 0. The first kappa shape index (κ1) is 13.2. The summed E-state index contributed by atoms with van der Waals surface area (Å²) in [5.74, 6) is 0.409. The van der Waals surface area contributed by atoms with Crippen LogP contribution in [-0.2, 0) is 6.42 Å². The average Bonchev–Trinajstić information content (AvgIpc) is 2.97. The second kappa shape index (κ2) is 5.66. The van der Waals surface area contributed by atoms with Crippen LogP contribution in [-0.4, -0.2) is 26.0 Å². The Morgan fingerprint density at radius 1 is 1.05 bits per heavy atom. The Balaban J connectivity index is 1.75. The Bertz CT molecular complexity index is 747. The third-order valence-electron chi connectivity index (χ3n) is 3.13. The predicted octanol–water partition coefficient (Wildman–Crippen LogP) is 2.40. The highest BCUT2D eigenvalue weighted by atomic mass is 16.1. The fraction of sp³-hybridized carbons (Fsp3) is 0.125. The first-order valence-corrected chi connectivity index (χ1v) is 6.66. The highest BCUT2D eigenvalue weighted by Crippen LogP contribution is 2.08. The molecule has 5 nitrogen and oxygen atoms in total. The molecule has 0 aliphatic heterocycles. The smallest absolute Gasteiger partial charge is 0.182 e. The number of Topliss-reactive ketones (excluding diaryl/α,β-unsaturated/α-hetero) is 1. The molecule has 0 saturated heterocycles. The van der Waals surface area contributed by atoms with Crippen LogP contribution >= 0.6 is 0 Å². The summed E-state index contributed by atoms with van der Waals surface area (Å²) in [6, 6.07) is 17.0. The average molecular weight is 278 g/mol. The van der Waals surface area contributed by atoms with Crippen LogP contribution in [0, 0.1) is 6.92 Å². The fourth-order valence-electron chi connectivity index (χ4n) is 1.97. The minimum atomic E-state index is -0.0115. The van der Waals surface area contributed by atoms with Crippen molar-refractivity contribution in [2.45, 2.75) is 13.3 Å². The first-order valence-electron chi connectivity index (χ1n) is 6.66. The van der Waals surface area contributed by atoms with Crippen LogP contribution in [0.25, 0.3) is 5.69 Å². The topological polar surface area (TPSA) is 60.7 Å². The van der Waals surface area contributed by atoms with Crippen LogP contribution in [0.15, 0.2) is 54.6 Å². The van der Waals surface area contributed by atoms with E-state index in [4.69, 9.17) is 0 Å². The molecule has 0 radical (unpaired) electrons. The largest absolute Gasteiger partial charge is 0.294 e. The minimum absolute atomic E-state index is 0.0115. The molecule has 3 rings (SSSR count). The molecule has 5 heteroatoms. The molecule has 0 saturated carbocycles. The molecule has 0 spiro atoms. The molecule has 0 unspecified atom stereocenters. The Kier molecular flexibility index (Phi) is 3.55. The summed E-state index contributed by atoms with van der Waals surface area (Å²) in [6.45, 7) is 1.99. The third-order valence-corrected chi connectivity index (χ3v) is 3.13. The van der Waals surface area contributed by atoms with Crippen LogP contribution in [0.3, 0.4) is 0 Å². The second-order valence-corrected chi connectivity index (χ2v) is 4.80. The van der Waals surface area contributed by atoms with E-state index in [0.29, 0.717) is 11.4 Å². The number of carbonyl (C=O) groups excluding carboxylic acids is 1. The van der Waals surface area contributed by atoms with Crippen molar-refractivity contribution >= 4 is 5.78 Å². The molecule has 2 aromatic carbocycles. The monoisotopic (exact) mass is 278 g/mol.